The number of carbonyl (C=O) groups excluding carboxylic acids is 1. The number of aromatic nitrogens is 2. The van der Waals surface area contributed by atoms with Gasteiger partial charge in [-0.3, -0.25) is 4.79 Å². The van der Waals surface area contributed by atoms with Gasteiger partial charge in [0.2, 0.25) is 0 Å². The van der Waals surface area contributed by atoms with Crippen LogP contribution in [0.25, 0.3) is 0 Å². The van der Waals surface area contributed by atoms with Gasteiger partial charge >= 0.3 is 6.03 Å². The highest BCUT2D eigenvalue weighted by Crippen LogP contribution is 2.16. The highest BCUT2D eigenvalue weighted by Gasteiger charge is 2.19. The van der Waals surface area contributed by atoms with Crippen LogP contribution in [0.2, 0.25) is 0 Å². The monoisotopic (exact) mass is 438 g/mol. The minimum atomic E-state index is -0.251. The van der Waals surface area contributed by atoms with Crippen molar-refractivity contribution in [2.75, 3.05) is 7.11 Å². The molecule has 2 amide bonds. The molecular weight excluding hydrogens is 408 g/mol. The van der Waals surface area contributed by atoms with Crippen molar-refractivity contribution in [2.45, 2.75) is 52.7 Å². The third-order valence-electron chi connectivity index (χ3n) is 4.99. The number of benzene rings is 1. The van der Waals surface area contributed by atoms with E-state index in [0.29, 0.717) is 30.0 Å². The van der Waals surface area contributed by atoms with E-state index >= 15 is 0 Å². The summed E-state index contributed by atoms with van der Waals surface area (Å²) in [7, 11) is 1.62. The second-order valence-electron chi connectivity index (χ2n) is 7.86. The Kier molecular flexibility index (Phi) is 7.70. The van der Waals surface area contributed by atoms with Gasteiger partial charge in [-0.2, -0.15) is 0 Å². The molecule has 0 aliphatic heterocycles. The number of methoxy groups -OCH3 is 1. The number of nitrogens with zero attached hydrogens (tertiary/aromatic N) is 2. The molecule has 0 saturated carbocycles. The van der Waals surface area contributed by atoms with Crippen LogP contribution in [-0.2, 0) is 25.9 Å². The molecule has 3 aromatic rings. The Morgan fingerprint density at radius 3 is 2.56 bits per heavy atom. The van der Waals surface area contributed by atoms with E-state index in [9.17, 15) is 9.59 Å². The van der Waals surface area contributed by atoms with Crippen LogP contribution < -0.4 is 15.6 Å². The fourth-order valence-corrected chi connectivity index (χ4v) is 3.40. The van der Waals surface area contributed by atoms with Crippen LogP contribution in [-0.4, -0.2) is 34.1 Å². The van der Waals surface area contributed by atoms with Gasteiger partial charge in [0.25, 0.3) is 5.56 Å². The Hall–Kier alpha value is -3.55. The average molecular weight is 439 g/mol. The fraction of sp³-hybridized carbons (Fsp3) is 0.375. The number of amides is 2. The lowest BCUT2D eigenvalue weighted by Crippen LogP contribution is -2.42. The zero-order valence-electron chi connectivity index (χ0n) is 19.0. The van der Waals surface area contributed by atoms with Gasteiger partial charge in [0.1, 0.15) is 17.3 Å². The van der Waals surface area contributed by atoms with Crippen LogP contribution in [0.15, 0.2) is 51.9 Å². The first kappa shape index (κ1) is 23.1. The molecule has 0 spiro atoms. The Bertz CT molecular complexity index is 1070. The molecule has 2 aromatic heterocycles. The second kappa shape index (κ2) is 10.7. The molecule has 8 heteroatoms. The van der Waals surface area contributed by atoms with Gasteiger partial charge in [0.05, 0.1) is 32.2 Å². The smallest absolute Gasteiger partial charge is 0.318 e. The number of rotatable bonds is 9. The van der Waals surface area contributed by atoms with Gasteiger partial charge in [-0.25, -0.2) is 9.78 Å². The van der Waals surface area contributed by atoms with Gasteiger partial charge in [-0.15, -0.1) is 0 Å². The summed E-state index contributed by atoms with van der Waals surface area (Å²) in [6.45, 7) is 6.18. The van der Waals surface area contributed by atoms with Crippen molar-refractivity contribution in [3.8, 4) is 5.75 Å². The maximum absolute atomic E-state index is 12.9. The zero-order chi connectivity index (χ0) is 23.1. The third-order valence-corrected chi connectivity index (χ3v) is 4.99. The lowest BCUT2D eigenvalue weighted by Gasteiger charge is -2.23. The molecule has 0 saturated heterocycles. The number of furan rings is 1. The molecule has 0 bridgehead atoms. The van der Waals surface area contributed by atoms with Crippen LogP contribution in [0.5, 0.6) is 5.75 Å². The van der Waals surface area contributed by atoms with E-state index in [-0.39, 0.29) is 30.7 Å². The fourth-order valence-electron chi connectivity index (χ4n) is 3.40. The lowest BCUT2D eigenvalue weighted by atomic mass is 10.0. The molecule has 1 aromatic carbocycles. The highest BCUT2D eigenvalue weighted by molar-refractivity contribution is 5.74. The van der Waals surface area contributed by atoms with E-state index in [4.69, 9.17) is 9.15 Å². The summed E-state index contributed by atoms with van der Waals surface area (Å²) in [5, 5.41) is 2.89. The van der Waals surface area contributed by atoms with E-state index in [2.05, 4.69) is 15.3 Å². The molecule has 0 unspecified atom stereocenters. The number of nitrogens with one attached hydrogen (secondary N) is 2. The van der Waals surface area contributed by atoms with Crippen molar-refractivity contribution in [3.05, 3.63) is 81.4 Å². The van der Waals surface area contributed by atoms with Gasteiger partial charge in [0.15, 0.2) is 0 Å². The van der Waals surface area contributed by atoms with Gasteiger partial charge < -0.3 is 24.4 Å². The molecule has 8 nitrogen and oxygen atoms in total. The van der Waals surface area contributed by atoms with E-state index in [1.54, 1.807) is 30.4 Å². The predicted molar refractivity (Wildman–Crippen MR) is 122 cm³/mol. The molecule has 0 atom stereocenters. The second-order valence-corrected chi connectivity index (χ2v) is 7.86. The largest absolute Gasteiger partial charge is 0.497 e. The Labute approximate surface area is 187 Å². The molecule has 0 aliphatic carbocycles. The molecule has 2 heterocycles. The number of hydrogen-bond acceptors (Lipinski definition) is 5. The van der Waals surface area contributed by atoms with Gasteiger partial charge in [-0.05, 0) is 50.1 Å². The summed E-state index contributed by atoms with van der Waals surface area (Å²) >= 11 is 0. The maximum atomic E-state index is 12.9. The van der Waals surface area contributed by atoms with Crippen molar-refractivity contribution in [1.82, 2.24) is 20.2 Å². The number of H-pyrrole nitrogens is 1. The summed E-state index contributed by atoms with van der Waals surface area (Å²) in [4.78, 5) is 34.8. The molecule has 2 N–H and O–H groups in total. The van der Waals surface area contributed by atoms with Crippen LogP contribution in [0.1, 0.15) is 49.2 Å². The molecule has 3 rings (SSSR count). The van der Waals surface area contributed by atoms with Crippen LogP contribution >= 0.6 is 0 Å². The van der Waals surface area contributed by atoms with E-state index in [1.165, 1.54) is 0 Å². The van der Waals surface area contributed by atoms with Crippen molar-refractivity contribution in [2.24, 2.45) is 0 Å². The normalized spacial score (nSPS) is 10.9. The summed E-state index contributed by atoms with van der Waals surface area (Å²) in [5.74, 6) is 1.86. The number of ether oxygens (including phenoxy) is 1. The van der Waals surface area contributed by atoms with Crippen molar-refractivity contribution < 1.29 is 13.9 Å². The summed E-state index contributed by atoms with van der Waals surface area (Å²) < 4.78 is 10.6. The first-order valence-electron chi connectivity index (χ1n) is 10.7. The first-order valence-corrected chi connectivity index (χ1v) is 10.7. The van der Waals surface area contributed by atoms with E-state index in [1.807, 2.05) is 45.0 Å². The molecule has 170 valence electrons. The van der Waals surface area contributed by atoms with Crippen molar-refractivity contribution >= 4 is 6.03 Å². The Morgan fingerprint density at radius 2 is 1.97 bits per heavy atom. The molecular formula is C24H30N4O4. The SMILES string of the molecule is CCc1nc(CN(Cc2ccco2)C(=O)NC(C)C)[nH]c(=O)c1Cc1ccc(OC)cc1. The van der Waals surface area contributed by atoms with Crippen LogP contribution in [0.3, 0.4) is 0 Å². The highest BCUT2D eigenvalue weighted by atomic mass is 16.5. The standard InChI is InChI=1S/C24H30N4O4/c1-5-21-20(13-17-8-10-18(31-4)11-9-17)23(29)27-22(26-21)15-28(24(30)25-16(2)3)14-19-7-6-12-32-19/h6-12,16H,5,13-15H2,1-4H3,(H,25,30)(H,26,27,29). The topological polar surface area (TPSA) is 100 Å². The summed E-state index contributed by atoms with van der Waals surface area (Å²) in [6.07, 6.45) is 2.65. The number of hydrogen-bond donors (Lipinski definition) is 2. The number of aryl methyl sites for hydroxylation is 1. The van der Waals surface area contributed by atoms with Crippen LogP contribution in [0.4, 0.5) is 4.79 Å². The molecule has 0 aliphatic rings. The number of aromatic amines is 1. The van der Waals surface area contributed by atoms with E-state index in [0.717, 1.165) is 17.0 Å². The zero-order valence-corrected chi connectivity index (χ0v) is 19.0. The lowest BCUT2D eigenvalue weighted by molar-refractivity contribution is 0.183. The molecule has 0 fully saturated rings. The Balaban J connectivity index is 1.84. The molecule has 32 heavy (non-hydrogen) atoms. The van der Waals surface area contributed by atoms with Crippen molar-refractivity contribution in [3.63, 3.8) is 0 Å². The summed E-state index contributed by atoms with van der Waals surface area (Å²) in [5.41, 5.74) is 2.16. The first-order chi connectivity index (χ1) is 15.4. The minimum absolute atomic E-state index is 0.0216. The van der Waals surface area contributed by atoms with Gasteiger partial charge in [-0.1, -0.05) is 19.1 Å². The van der Waals surface area contributed by atoms with E-state index < -0.39 is 0 Å². The molecule has 0 radical (unpaired) electrons. The van der Waals surface area contributed by atoms with Crippen molar-refractivity contribution in [1.29, 1.82) is 0 Å². The summed E-state index contributed by atoms with van der Waals surface area (Å²) in [6, 6.07) is 10.9. The average Bonchev–Trinajstić information content (AvgIpc) is 3.28. The number of urea groups is 1. The van der Waals surface area contributed by atoms with Crippen LogP contribution in [0, 0.1) is 0 Å². The maximum Gasteiger partial charge on any atom is 0.318 e. The van der Waals surface area contributed by atoms with Gasteiger partial charge in [0, 0.05) is 18.0 Å². The Morgan fingerprint density at radius 1 is 1.22 bits per heavy atom. The third kappa shape index (κ3) is 6.00. The quantitative estimate of drug-likeness (QED) is 0.531. The number of carbonyl (C=O) groups is 1. The minimum Gasteiger partial charge on any atom is -0.497 e. The predicted octanol–water partition coefficient (Wildman–Crippen LogP) is 3.64.